The fourth-order valence-electron chi connectivity index (χ4n) is 3.75. The van der Waals surface area contributed by atoms with Gasteiger partial charge in [0.15, 0.2) is 11.5 Å². The van der Waals surface area contributed by atoms with Crippen molar-refractivity contribution in [1.29, 1.82) is 0 Å². The molecule has 35 heavy (non-hydrogen) atoms. The molecule has 1 aliphatic rings. The number of aryl methyl sites for hydroxylation is 1. The Kier molecular flexibility index (Phi) is 7.30. The number of hydrogen-bond acceptors (Lipinski definition) is 6. The summed E-state index contributed by atoms with van der Waals surface area (Å²) in [4.78, 5) is 8.85. The Morgan fingerprint density at radius 2 is 1.89 bits per heavy atom. The largest absolute Gasteiger partial charge is 0.493 e. The predicted octanol–water partition coefficient (Wildman–Crippen LogP) is 6.23. The summed E-state index contributed by atoms with van der Waals surface area (Å²) >= 11 is 0. The first kappa shape index (κ1) is 25.0. The Morgan fingerprint density at radius 1 is 1.11 bits per heavy atom. The van der Waals surface area contributed by atoms with Crippen molar-refractivity contribution in [2.24, 2.45) is 0 Å². The summed E-state index contributed by atoms with van der Waals surface area (Å²) in [6.45, 7) is 4.28. The lowest BCUT2D eigenvalue weighted by Gasteiger charge is -2.20. The number of nitrogens with zero attached hydrogens (tertiary/aromatic N) is 2. The molecule has 3 aromatic rings. The lowest BCUT2D eigenvalue weighted by Crippen LogP contribution is -2.15. The molecule has 6 nitrogen and oxygen atoms in total. The fraction of sp³-hybridized carbons (Fsp3) is 0.440. The number of methoxy groups -OCH3 is 1. The molecule has 1 atom stereocenters. The van der Waals surface area contributed by atoms with Gasteiger partial charge in [0.25, 0.3) is 0 Å². The Labute approximate surface area is 200 Å². The maximum Gasteiger partial charge on any atom is 0.419 e. The third-order valence-corrected chi connectivity index (χ3v) is 5.67. The van der Waals surface area contributed by atoms with Crippen LogP contribution in [-0.2, 0) is 10.9 Å². The van der Waals surface area contributed by atoms with E-state index in [2.05, 4.69) is 15.3 Å². The van der Waals surface area contributed by atoms with E-state index in [9.17, 15) is 17.6 Å². The molecule has 2 aromatic carbocycles. The van der Waals surface area contributed by atoms with Crippen molar-refractivity contribution in [2.45, 2.75) is 51.4 Å². The number of aromatic nitrogens is 2. The zero-order chi connectivity index (χ0) is 25.2. The third kappa shape index (κ3) is 5.93. The Hall–Kier alpha value is -3.14. The quantitative estimate of drug-likeness (QED) is 0.267. The molecule has 0 aliphatic heterocycles. The van der Waals surface area contributed by atoms with Crippen molar-refractivity contribution in [3.63, 3.8) is 0 Å². The van der Waals surface area contributed by atoms with Crippen LogP contribution in [0.15, 0.2) is 30.3 Å². The van der Waals surface area contributed by atoms with Crippen LogP contribution in [0.2, 0.25) is 0 Å². The molecule has 0 spiro atoms. The summed E-state index contributed by atoms with van der Waals surface area (Å²) in [5.41, 5.74) is -0.874. The molecule has 0 amide bonds. The van der Waals surface area contributed by atoms with E-state index in [4.69, 9.17) is 14.2 Å². The molecule has 0 saturated heterocycles. The van der Waals surface area contributed by atoms with E-state index in [-0.39, 0.29) is 5.56 Å². The van der Waals surface area contributed by atoms with Gasteiger partial charge in [0.1, 0.15) is 17.5 Å². The lowest BCUT2D eigenvalue weighted by atomic mass is 10.0. The van der Waals surface area contributed by atoms with Gasteiger partial charge in [0, 0.05) is 23.4 Å². The first-order valence-corrected chi connectivity index (χ1v) is 11.4. The Morgan fingerprint density at radius 3 is 2.57 bits per heavy atom. The number of ether oxygens (including phenoxy) is 3. The average Bonchev–Trinajstić information content (AvgIpc) is 3.62. The molecule has 0 unspecified atom stereocenters. The van der Waals surface area contributed by atoms with Gasteiger partial charge in [-0.1, -0.05) is 12.1 Å². The molecular weight excluding hydrogens is 466 g/mol. The minimum Gasteiger partial charge on any atom is -0.493 e. The van der Waals surface area contributed by atoms with Crippen LogP contribution in [0.25, 0.3) is 10.9 Å². The second-order valence-electron chi connectivity index (χ2n) is 8.48. The normalized spacial score (nSPS) is 14.7. The summed E-state index contributed by atoms with van der Waals surface area (Å²) in [5.74, 6) is 0.432. The van der Waals surface area contributed by atoms with Crippen molar-refractivity contribution < 1.29 is 31.8 Å². The first-order valence-electron chi connectivity index (χ1n) is 11.4. The molecule has 0 radical (unpaired) electrons. The van der Waals surface area contributed by atoms with Crippen LogP contribution >= 0.6 is 0 Å². The summed E-state index contributed by atoms with van der Waals surface area (Å²) in [6, 6.07) is 5.85. The average molecular weight is 494 g/mol. The molecule has 1 aliphatic carbocycles. The molecule has 4 rings (SSSR count). The van der Waals surface area contributed by atoms with E-state index in [1.165, 1.54) is 19.2 Å². The van der Waals surface area contributed by atoms with Crippen LogP contribution in [0.1, 0.15) is 49.2 Å². The van der Waals surface area contributed by atoms with Gasteiger partial charge in [0.2, 0.25) is 0 Å². The summed E-state index contributed by atoms with van der Waals surface area (Å²) in [5, 5.41) is 3.62. The van der Waals surface area contributed by atoms with Crippen LogP contribution in [0.4, 0.5) is 23.4 Å². The van der Waals surface area contributed by atoms with Gasteiger partial charge in [-0.25, -0.2) is 14.4 Å². The molecular formula is C25H27F4N3O3. The molecule has 1 saturated carbocycles. The summed E-state index contributed by atoms with van der Waals surface area (Å²) in [7, 11) is 1.52. The maximum atomic E-state index is 14.7. The standard InChI is InChI=1S/C25H27F4N3O3/c1-14(17-6-4-7-19(23(17)26)25(27,28)29)30-24-18-12-22(35-11-5-10-34-16-8-9-16)21(33-3)13-20(18)31-15(2)32-24/h4,6-7,12-14,16H,5,8-11H2,1-3H3,(H,30,31,32)/t14-/m1/s1. The zero-order valence-corrected chi connectivity index (χ0v) is 19.7. The van der Waals surface area contributed by atoms with E-state index in [1.807, 2.05) is 0 Å². The minimum absolute atomic E-state index is 0.120. The van der Waals surface area contributed by atoms with Gasteiger partial charge in [-0.2, -0.15) is 13.2 Å². The van der Waals surface area contributed by atoms with Gasteiger partial charge in [0.05, 0.1) is 43.5 Å². The van der Waals surface area contributed by atoms with E-state index < -0.39 is 23.6 Å². The zero-order valence-electron chi connectivity index (χ0n) is 19.7. The Balaban J connectivity index is 1.60. The number of fused-ring (bicyclic) bond motifs is 1. The van der Waals surface area contributed by atoms with Crippen molar-refractivity contribution in [1.82, 2.24) is 9.97 Å². The topological polar surface area (TPSA) is 65.5 Å². The Bertz CT molecular complexity index is 1200. The highest BCUT2D eigenvalue weighted by Crippen LogP contribution is 2.37. The van der Waals surface area contributed by atoms with Gasteiger partial charge >= 0.3 is 6.18 Å². The van der Waals surface area contributed by atoms with Crippen molar-refractivity contribution in [2.75, 3.05) is 25.6 Å². The molecule has 1 aromatic heterocycles. The van der Waals surface area contributed by atoms with Gasteiger partial charge < -0.3 is 19.5 Å². The second-order valence-corrected chi connectivity index (χ2v) is 8.48. The number of nitrogens with one attached hydrogen (secondary N) is 1. The SMILES string of the molecule is COc1cc2nc(C)nc(N[C@H](C)c3cccc(C(F)(F)F)c3F)c2cc1OCCCOC1CC1. The molecule has 10 heteroatoms. The highest BCUT2D eigenvalue weighted by atomic mass is 19.4. The first-order chi connectivity index (χ1) is 16.7. The lowest BCUT2D eigenvalue weighted by molar-refractivity contribution is -0.140. The highest BCUT2D eigenvalue weighted by molar-refractivity contribution is 5.92. The fourth-order valence-corrected chi connectivity index (χ4v) is 3.75. The summed E-state index contributed by atoms with van der Waals surface area (Å²) in [6.07, 6.45) is -1.49. The van der Waals surface area contributed by atoms with Crippen molar-refractivity contribution in [3.8, 4) is 11.5 Å². The van der Waals surface area contributed by atoms with E-state index in [1.54, 1.807) is 26.0 Å². The van der Waals surface area contributed by atoms with E-state index in [0.717, 1.165) is 18.9 Å². The number of hydrogen-bond donors (Lipinski definition) is 1. The third-order valence-electron chi connectivity index (χ3n) is 5.67. The van der Waals surface area contributed by atoms with Crippen LogP contribution in [0, 0.1) is 12.7 Å². The maximum absolute atomic E-state index is 14.7. The monoisotopic (exact) mass is 493 g/mol. The van der Waals surface area contributed by atoms with E-state index in [0.29, 0.717) is 59.8 Å². The van der Waals surface area contributed by atoms with Crippen molar-refractivity contribution in [3.05, 3.63) is 53.1 Å². The molecule has 0 bridgehead atoms. The molecule has 1 fully saturated rings. The number of halogens is 4. The van der Waals surface area contributed by atoms with Crippen LogP contribution in [0.5, 0.6) is 11.5 Å². The molecule has 1 N–H and O–H groups in total. The van der Waals surface area contributed by atoms with Crippen LogP contribution in [0.3, 0.4) is 0 Å². The number of benzene rings is 2. The predicted molar refractivity (Wildman–Crippen MR) is 123 cm³/mol. The van der Waals surface area contributed by atoms with Crippen LogP contribution < -0.4 is 14.8 Å². The van der Waals surface area contributed by atoms with Gasteiger partial charge in [-0.3, -0.25) is 0 Å². The smallest absolute Gasteiger partial charge is 0.419 e. The minimum atomic E-state index is -4.79. The van der Waals surface area contributed by atoms with Gasteiger partial charge in [-0.15, -0.1) is 0 Å². The number of alkyl halides is 3. The molecule has 188 valence electrons. The number of anilines is 1. The van der Waals surface area contributed by atoms with Crippen LogP contribution in [-0.4, -0.2) is 36.4 Å². The molecule has 1 heterocycles. The highest BCUT2D eigenvalue weighted by Gasteiger charge is 2.35. The second kappa shape index (κ2) is 10.2. The van der Waals surface area contributed by atoms with E-state index >= 15 is 0 Å². The summed E-state index contributed by atoms with van der Waals surface area (Å²) < 4.78 is 71.2. The van der Waals surface area contributed by atoms with Crippen molar-refractivity contribution >= 4 is 16.7 Å². The van der Waals surface area contributed by atoms with Gasteiger partial charge in [-0.05, 0) is 38.8 Å². The number of rotatable bonds is 10.